The second kappa shape index (κ2) is 4.89. The van der Waals surface area contributed by atoms with E-state index in [1.54, 1.807) is 18.3 Å². The molecule has 3 N–H and O–H groups in total. The summed E-state index contributed by atoms with van der Waals surface area (Å²) in [6.07, 6.45) is -0.0979. The van der Waals surface area contributed by atoms with Crippen molar-refractivity contribution < 1.29 is 29.4 Å². The van der Waals surface area contributed by atoms with Crippen molar-refractivity contribution in [3.8, 4) is 0 Å². The normalized spacial score (nSPS) is 32.6. The van der Waals surface area contributed by atoms with E-state index < -0.39 is 24.5 Å². The Balaban J connectivity index is 2.25. The SMILES string of the molecule is O=Cc1ccc[n+](C2O[C@H](CO)[C@@H](O)[C@H]2O)c1. The zero-order valence-corrected chi connectivity index (χ0v) is 9.01. The third-order valence-corrected chi connectivity index (χ3v) is 2.79. The monoisotopic (exact) mass is 240 g/mol. The summed E-state index contributed by atoms with van der Waals surface area (Å²) in [5.74, 6) is 0. The number of carbonyl (C=O) groups is 1. The van der Waals surface area contributed by atoms with Crippen molar-refractivity contribution in [2.24, 2.45) is 0 Å². The molecule has 1 saturated heterocycles. The Hall–Kier alpha value is -1.34. The third-order valence-electron chi connectivity index (χ3n) is 2.79. The molecule has 1 aliphatic heterocycles. The fourth-order valence-electron chi connectivity index (χ4n) is 1.87. The van der Waals surface area contributed by atoms with Gasteiger partial charge in [0, 0.05) is 6.07 Å². The van der Waals surface area contributed by atoms with Gasteiger partial charge in [0.2, 0.25) is 0 Å². The Labute approximate surface area is 97.7 Å². The molecule has 92 valence electrons. The zero-order chi connectivity index (χ0) is 12.4. The lowest BCUT2D eigenvalue weighted by molar-refractivity contribution is -0.765. The molecule has 6 heteroatoms. The van der Waals surface area contributed by atoms with Crippen LogP contribution in [0.5, 0.6) is 0 Å². The van der Waals surface area contributed by atoms with Crippen LogP contribution in [-0.4, -0.2) is 46.5 Å². The Kier molecular flexibility index (Phi) is 3.49. The van der Waals surface area contributed by atoms with Crippen LogP contribution in [0.15, 0.2) is 24.5 Å². The van der Waals surface area contributed by atoms with Gasteiger partial charge in [0.05, 0.1) is 12.2 Å². The molecule has 0 spiro atoms. The van der Waals surface area contributed by atoms with E-state index in [2.05, 4.69) is 0 Å². The van der Waals surface area contributed by atoms with Crippen molar-refractivity contribution in [2.75, 3.05) is 6.61 Å². The van der Waals surface area contributed by atoms with Gasteiger partial charge in [-0.05, 0) is 6.07 Å². The molecule has 6 nitrogen and oxygen atoms in total. The van der Waals surface area contributed by atoms with Gasteiger partial charge >= 0.3 is 0 Å². The molecule has 2 heterocycles. The summed E-state index contributed by atoms with van der Waals surface area (Å²) in [6.45, 7) is -0.372. The maximum Gasteiger partial charge on any atom is 0.292 e. The van der Waals surface area contributed by atoms with Crippen LogP contribution >= 0.6 is 0 Å². The van der Waals surface area contributed by atoms with Crippen LogP contribution < -0.4 is 4.57 Å². The fraction of sp³-hybridized carbons (Fsp3) is 0.455. The minimum absolute atomic E-state index is 0.372. The Morgan fingerprint density at radius 2 is 2.18 bits per heavy atom. The zero-order valence-electron chi connectivity index (χ0n) is 9.01. The lowest BCUT2D eigenvalue weighted by Crippen LogP contribution is -2.46. The first-order valence-electron chi connectivity index (χ1n) is 5.26. The van der Waals surface area contributed by atoms with Crippen LogP contribution in [0.4, 0.5) is 0 Å². The minimum Gasteiger partial charge on any atom is -0.394 e. The second-order valence-electron chi connectivity index (χ2n) is 3.93. The first-order chi connectivity index (χ1) is 8.17. The standard InChI is InChI=1S/C11H14NO5/c13-5-7-2-1-3-12(4-7)11-10(16)9(15)8(6-14)17-11/h1-5,8-11,14-16H,6H2/q+1/t8-,9-,10-,11?/m1/s1. The highest BCUT2D eigenvalue weighted by atomic mass is 16.6. The van der Waals surface area contributed by atoms with E-state index in [1.807, 2.05) is 0 Å². The molecule has 0 aliphatic carbocycles. The minimum atomic E-state index is -1.14. The van der Waals surface area contributed by atoms with Crippen LogP contribution in [0.3, 0.4) is 0 Å². The van der Waals surface area contributed by atoms with Gasteiger partial charge in [0.1, 0.15) is 12.2 Å². The molecule has 1 fully saturated rings. The molecule has 4 atom stereocenters. The molecule has 1 aromatic rings. The first kappa shape index (κ1) is 12.1. The number of ether oxygens (including phenoxy) is 1. The van der Waals surface area contributed by atoms with E-state index in [-0.39, 0.29) is 6.61 Å². The van der Waals surface area contributed by atoms with Crippen LogP contribution in [0.2, 0.25) is 0 Å². The molecule has 0 amide bonds. The van der Waals surface area contributed by atoms with Crippen LogP contribution in [0.1, 0.15) is 16.6 Å². The highest BCUT2D eigenvalue weighted by Crippen LogP contribution is 2.24. The number of hydrogen-bond acceptors (Lipinski definition) is 5. The molecule has 2 rings (SSSR count). The summed E-state index contributed by atoms with van der Waals surface area (Å²) in [5.41, 5.74) is 0.435. The van der Waals surface area contributed by atoms with Gasteiger partial charge in [0.25, 0.3) is 6.23 Å². The van der Waals surface area contributed by atoms with Crippen LogP contribution in [0, 0.1) is 0 Å². The van der Waals surface area contributed by atoms with Gasteiger partial charge in [-0.15, -0.1) is 0 Å². The van der Waals surface area contributed by atoms with E-state index in [1.165, 1.54) is 10.8 Å². The molecule has 0 bridgehead atoms. The summed E-state index contributed by atoms with van der Waals surface area (Å²) in [4.78, 5) is 10.6. The van der Waals surface area contributed by atoms with Crippen molar-refractivity contribution >= 4 is 6.29 Å². The number of aliphatic hydroxyl groups excluding tert-OH is 3. The Morgan fingerprint density at radius 3 is 2.76 bits per heavy atom. The van der Waals surface area contributed by atoms with Crippen molar-refractivity contribution in [1.29, 1.82) is 0 Å². The Bertz CT molecular complexity index is 411. The molecule has 0 radical (unpaired) electrons. The van der Waals surface area contributed by atoms with Crippen molar-refractivity contribution in [3.63, 3.8) is 0 Å². The highest BCUT2D eigenvalue weighted by Gasteiger charge is 2.47. The molecular weight excluding hydrogens is 226 g/mol. The van der Waals surface area contributed by atoms with Crippen LogP contribution in [0.25, 0.3) is 0 Å². The number of pyridine rings is 1. The topological polar surface area (TPSA) is 90.9 Å². The number of carbonyl (C=O) groups excluding carboxylic acids is 1. The fourth-order valence-corrected chi connectivity index (χ4v) is 1.87. The highest BCUT2D eigenvalue weighted by molar-refractivity contribution is 5.73. The van der Waals surface area contributed by atoms with E-state index in [0.717, 1.165) is 0 Å². The van der Waals surface area contributed by atoms with Gasteiger partial charge in [-0.1, -0.05) is 0 Å². The number of rotatable bonds is 3. The summed E-state index contributed by atoms with van der Waals surface area (Å²) < 4.78 is 6.81. The second-order valence-corrected chi connectivity index (χ2v) is 3.93. The van der Waals surface area contributed by atoms with Gasteiger partial charge in [-0.3, -0.25) is 4.79 Å². The lowest BCUT2D eigenvalue weighted by atomic mass is 10.1. The number of aldehydes is 1. The smallest absolute Gasteiger partial charge is 0.292 e. The summed E-state index contributed by atoms with van der Waals surface area (Å²) in [6, 6.07) is 3.25. The van der Waals surface area contributed by atoms with E-state index in [0.29, 0.717) is 11.8 Å². The molecule has 0 saturated carbocycles. The van der Waals surface area contributed by atoms with Gasteiger partial charge < -0.3 is 20.1 Å². The summed E-state index contributed by atoms with van der Waals surface area (Å²) in [7, 11) is 0. The van der Waals surface area contributed by atoms with E-state index in [9.17, 15) is 15.0 Å². The average molecular weight is 240 g/mol. The maximum absolute atomic E-state index is 10.6. The summed E-state index contributed by atoms with van der Waals surface area (Å²) in [5, 5.41) is 28.3. The lowest BCUT2D eigenvalue weighted by Gasteiger charge is -2.09. The van der Waals surface area contributed by atoms with E-state index in [4.69, 9.17) is 9.84 Å². The quantitative estimate of drug-likeness (QED) is 0.437. The molecule has 17 heavy (non-hydrogen) atoms. The molecular formula is C11H14NO5+. The number of hydrogen-bond donors (Lipinski definition) is 3. The Morgan fingerprint density at radius 1 is 1.41 bits per heavy atom. The van der Waals surface area contributed by atoms with Gasteiger partial charge in [0.15, 0.2) is 24.8 Å². The largest absolute Gasteiger partial charge is 0.394 e. The predicted molar refractivity (Wildman–Crippen MR) is 55.0 cm³/mol. The predicted octanol–water partition coefficient (Wildman–Crippen LogP) is -1.60. The molecule has 0 aromatic carbocycles. The van der Waals surface area contributed by atoms with Gasteiger partial charge in [-0.2, -0.15) is 4.57 Å². The van der Waals surface area contributed by atoms with E-state index >= 15 is 0 Å². The first-order valence-corrected chi connectivity index (χ1v) is 5.26. The van der Waals surface area contributed by atoms with Crippen molar-refractivity contribution in [3.05, 3.63) is 30.1 Å². The average Bonchev–Trinajstić information content (AvgIpc) is 2.66. The molecule has 1 aromatic heterocycles. The summed E-state index contributed by atoms with van der Waals surface area (Å²) >= 11 is 0. The molecule has 1 unspecified atom stereocenters. The molecule has 1 aliphatic rings. The van der Waals surface area contributed by atoms with Gasteiger partial charge in [-0.25, -0.2) is 0 Å². The number of nitrogens with zero attached hydrogens (tertiary/aromatic N) is 1. The van der Waals surface area contributed by atoms with Crippen molar-refractivity contribution in [1.82, 2.24) is 0 Å². The number of aromatic nitrogens is 1. The number of aliphatic hydroxyl groups is 3. The third kappa shape index (κ3) is 2.20. The van der Waals surface area contributed by atoms with Crippen LogP contribution in [-0.2, 0) is 4.74 Å². The van der Waals surface area contributed by atoms with Crippen molar-refractivity contribution in [2.45, 2.75) is 24.5 Å². The maximum atomic E-state index is 10.6.